The normalized spacial score (nSPS) is 17.3. The van der Waals surface area contributed by atoms with E-state index in [1.54, 1.807) is 42.5 Å². The summed E-state index contributed by atoms with van der Waals surface area (Å²) >= 11 is 5.97. The van der Waals surface area contributed by atoms with Gasteiger partial charge in [0.05, 0.1) is 31.4 Å². The molecule has 0 aromatic heterocycles. The van der Waals surface area contributed by atoms with Crippen LogP contribution >= 0.6 is 11.6 Å². The number of aliphatic hydroxyl groups is 1. The lowest BCUT2D eigenvalue weighted by Gasteiger charge is -2.26. The van der Waals surface area contributed by atoms with Gasteiger partial charge in [-0.15, -0.1) is 0 Å². The Bertz CT molecular complexity index is 1050. The number of methoxy groups -OCH3 is 1. The summed E-state index contributed by atoms with van der Waals surface area (Å²) < 4.78 is 16.8. The fourth-order valence-corrected chi connectivity index (χ4v) is 3.94. The minimum absolute atomic E-state index is 0.00512. The van der Waals surface area contributed by atoms with Crippen LogP contribution in [0.5, 0.6) is 11.5 Å². The average molecular weight is 488 g/mol. The van der Waals surface area contributed by atoms with Gasteiger partial charge in [-0.05, 0) is 55.3 Å². The van der Waals surface area contributed by atoms with Crippen molar-refractivity contribution in [3.8, 4) is 11.5 Å². The zero-order chi connectivity index (χ0) is 24.7. The first-order valence-corrected chi connectivity index (χ1v) is 11.7. The predicted molar refractivity (Wildman–Crippen MR) is 130 cm³/mol. The van der Waals surface area contributed by atoms with Crippen LogP contribution in [0.25, 0.3) is 5.76 Å². The van der Waals surface area contributed by atoms with Gasteiger partial charge in [-0.1, -0.05) is 31.0 Å². The number of likely N-dealkylation sites (tertiary alicyclic amines) is 1. The van der Waals surface area contributed by atoms with Crippen LogP contribution in [0.3, 0.4) is 0 Å². The lowest BCUT2D eigenvalue weighted by Crippen LogP contribution is -2.32. The maximum absolute atomic E-state index is 13.1. The zero-order valence-electron chi connectivity index (χ0n) is 19.7. The van der Waals surface area contributed by atoms with E-state index in [1.165, 1.54) is 12.0 Å². The van der Waals surface area contributed by atoms with E-state index in [2.05, 4.69) is 6.92 Å². The maximum atomic E-state index is 13.1. The molecule has 1 N–H and O–H groups in total. The van der Waals surface area contributed by atoms with Gasteiger partial charge < -0.3 is 24.2 Å². The number of amides is 1. The van der Waals surface area contributed by atoms with Crippen LogP contribution in [0.1, 0.15) is 43.9 Å². The molecule has 1 unspecified atom stereocenters. The highest BCUT2D eigenvalue weighted by atomic mass is 35.5. The van der Waals surface area contributed by atoms with Gasteiger partial charge in [-0.2, -0.15) is 0 Å². The number of hydrogen-bond acceptors (Lipinski definition) is 6. The molecule has 1 fully saturated rings. The molecule has 0 spiro atoms. The van der Waals surface area contributed by atoms with Crippen molar-refractivity contribution in [1.82, 2.24) is 4.90 Å². The van der Waals surface area contributed by atoms with Gasteiger partial charge in [0.1, 0.15) is 5.76 Å². The molecule has 0 bridgehead atoms. The number of aliphatic hydroxyl groups excluding tert-OH is 1. The summed E-state index contributed by atoms with van der Waals surface area (Å²) in [6.07, 6.45) is 1.91. The lowest BCUT2D eigenvalue weighted by atomic mass is 9.95. The largest absolute Gasteiger partial charge is 0.507 e. The number of unbranched alkanes of at least 4 members (excludes halogenated alkanes) is 1. The lowest BCUT2D eigenvalue weighted by molar-refractivity contribution is -0.140. The fourth-order valence-electron chi connectivity index (χ4n) is 3.82. The van der Waals surface area contributed by atoms with E-state index in [0.717, 1.165) is 12.8 Å². The molecule has 1 atom stereocenters. The Kier molecular flexibility index (Phi) is 8.96. The molecule has 2 aromatic rings. The zero-order valence-corrected chi connectivity index (χ0v) is 20.4. The SMILES string of the molecule is CCCCOc1ccc(C2/C(=C(\O)c3ccc(Cl)cc3)C(=O)C(=O)N2CCOC)cc1OCC. The quantitative estimate of drug-likeness (QED) is 0.208. The number of benzene rings is 2. The molecule has 0 saturated carbocycles. The van der Waals surface area contributed by atoms with Gasteiger partial charge in [-0.3, -0.25) is 9.59 Å². The second-order valence-corrected chi connectivity index (χ2v) is 8.27. The minimum Gasteiger partial charge on any atom is -0.507 e. The van der Waals surface area contributed by atoms with Crippen LogP contribution in [0.2, 0.25) is 5.02 Å². The Morgan fingerprint density at radius 2 is 1.76 bits per heavy atom. The monoisotopic (exact) mass is 487 g/mol. The van der Waals surface area contributed by atoms with Crippen molar-refractivity contribution < 1.29 is 28.9 Å². The van der Waals surface area contributed by atoms with E-state index in [0.29, 0.717) is 40.9 Å². The second-order valence-electron chi connectivity index (χ2n) is 7.83. The van der Waals surface area contributed by atoms with Crippen molar-refractivity contribution >= 4 is 29.1 Å². The third-order valence-electron chi connectivity index (χ3n) is 5.53. The number of carbonyl (C=O) groups excluding carboxylic acids is 2. The molecule has 7 nitrogen and oxygen atoms in total. The van der Waals surface area contributed by atoms with Gasteiger partial charge >= 0.3 is 0 Å². The molecule has 2 aromatic carbocycles. The number of Topliss-reactive ketones (excluding diaryl/α,β-unsaturated/α-hetero) is 1. The maximum Gasteiger partial charge on any atom is 0.295 e. The highest BCUT2D eigenvalue weighted by Crippen LogP contribution is 2.42. The first-order valence-electron chi connectivity index (χ1n) is 11.4. The van der Waals surface area contributed by atoms with E-state index in [9.17, 15) is 14.7 Å². The predicted octanol–water partition coefficient (Wildman–Crippen LogP) is 4.99. The Balaban J connectivity index is 2.11. The molecule has 1 heterocycles. The molecular weight excluding hydrogens is 458 g/mol. The Labute approximate surface area is 204 Å². The summed E-state index contributed by atoms with van der Waals surface area (Å²) in [5, 5.41) is 11.6. The molecule has 1 saturated heterocycles. The van der Waals surface area contributed by atoms with Crippen LogP contribution in [0.4, 0.5) is 0 Å². The Hall–Kier alpha value is -3.03. The molecule has 1 aliphatic rings. The molecular formula is C26H30ClNO6. The van der Waals surface area contributed by atoms with E-state index in [-0.39, 0.29) is 24.5 Å². The molecule has 1 aliphatic heterocycles. The summed E-state index contributed by atoms with van der Waals surface area (Å²) in [5.41, 5.74) is 1.02. The van der Waals surface area contributed by atoms with Crippen molar-refractivity contribution in [2.75, 3.05) is 33.5 Å². The first kappa shape index (κ1) is 25.6. The highest BCUT2D eigenvalue weighted by molar-refractivity contribution is 6.46. The van der Waals surface area contributed by atoms with Gasteiger partial charge in [0.25, 0.3) is 11.7 Å². The molecule has 0 radical (unpaired) electrons. The van der Waals surface area contributed by atoms with Crippen molar-refractivity contribution in [2.24, 2.45) is 0 Å². The summed E-state index contributed by atoms with van der Waals surface area (Å²) in [6, 6.07) is 10.9. The summed E-state index contributed by atoms with van der Waals surface area (Å²) in [7, 11) is 1.52. The summed E-state index contributed by atoms with van der Waals surface area (Å²) in [6.45, 7) is 5.34. The molecule has 3 rings (SSSR count). The number of hydrogen-bond donors (Lipinski definition) is 1. The third kappa shape index (κ3) is 5.54. The van der Waals surface area contributed by atoms with Crippen LogP contribution in [-0.2, 0) is 14.3 Å². The van der Waals surface area contributed by atoms with Crippen LogP contribution in [0.15, 0.2) is 48.0 Å². The van der Waals surface area contributed by atoms with E-state index < -0.39 is 17.7 Å². The number of carbonyl (C=O) groups is 2. The van der Waals surface area contributed by atoms with Crippen molar-refractivity contribution in [3.05, 3.63) is 64.2 Å². The van der Waals surface area contributed by atoms with E-state index in [1.807, 2.05) is 6.92 Å². The van der Waals surface area contributed by atoms with Gasteiger partial charge in [0, 0.05) is 24.2 Å². The Morgan fingerprint density at radius 3 is 2.41 bits per heavy atom. The second kappa shape index (κ2) is 11.9. The summed E-state index contributed by atoms with van der Waals surface area (Å²) in [4.78, 5) is 27.4. The standard InChI is InChI=1S/C26H30ClNO6/c1-4-6-14-34-20-12-9-18(16-21(20)33-5-2)23-22(24(29)17-7-10-19(27)11-8-17)25(30)26(31)28(23)13-15-32-3/h7-12,16,23,29H,4-6,13-15H2,1-3H3/b24-22+. The molecule has 1 amide bonds. The van der Waals surface area contributed by atoms with Crippen molar-refractivity contribution in [3.63, 3.8) is 0 Å². The van der Waals surface area contributed by atoms with Crippen molar-refractivity contribution in [1.29, 1.82) is 0 Å². The van der Waals surface area contributed by atoms with Crippen LogP contribution in [-0.4, -0.2) is 55.2 Å². The van der Waals surface area contributed by atoms with Crippen LogP contribution < -0.4 is 9.47 Å². The van der Waals surface area contributed by atoms with E-state index in [4.69, 9.17) is 25.8 Å². The van der Waals surface area contributed by atoms with Crippen molar-refractivity contribution in [2.45, 2.75) is 32.7 Å². The highest BCUT2D eigenvalue weighted by Gasteiger charge is 2.46. The number of ether oxygens (including phenoxy) is 3. The minimum atomic E-state index is -0.810. The number of ketones is 1. The number of rotatable bonds is 11. The number of halogens is 1. The van der Waals surface area contributed by atoms with E-state index >= 15 is 0 Å². The molecule has 182 valence electrons. The molecule has 34 heavy (non-hydrogen) atoms. The Morgan fingerprint density at radius 1 is 1.03 bits per heavy atom. The average Bonchev–Trinajstić information content (AvgIpc) is 3.08. The molecule has 8 heteroatoms. The van der Waals surface area contributed by atoms with Gasteiger partial charge in [0.15, 0.2) is 11.5 Å². The van der Waals surface area contributed by atoms with Gasteiger partial charge in [-0.25, -0.2) is 0 Å². The van der Waals surface area contributed by atoms with Gasteiger partial charge in [0.2, 0.25) is 0 Å². The first-order chi connectivity index (χ1) is 16.4. The van der Waals surface area contributed by atoms with Crippen LogP contribution in [0, 0.1) is 0 Å². The smallest absolute Gasteiger partial charge is 0.295 e. The fraction of sp³-hybridized carbons (Fsp3) is 0.385. The third-order valence-corrected chi connectivity index (χ3v) is 5.78. The summed E-state index contributed by atoms with van der Waals surface area (Å²) in [5.74, 6) is -0.611. The molecule has 0 aliphatic carbocycles. The topological polar surface area (TPSA) is 85.3 Å². The number of nitrogens with zero attached hydrogens (tertiary/aromatic N) is 1.